The number of fused-ring (bicyclic) bond motifs is 6. The standard InChI is InChI=1S/C28H24/c1-19-8-7-13-27-24(17-15-21-9-3-5-11-25(21)27)20(2)18-28-23(19)16-14-22-10-4-6-12-26(22)28/h3-4,9-10,14-17H,1-2,6-8,12-13,18H2. The van der Waals surface area contributed by atoms with Gasteiger partial charge in [0, 0.05) is 5.39 Å². The molecule has 2 aliphatic carbocycles. The summed E-state index contributed by atoms with van der Waals surface area (Å²) in [7, 11) is 0. The molecular weight excluding hydrogens is 336 g/mol. The minimum absolute atomic E-state index is 0.889. The molecule has 5 rings (SSSR count). The molecule has 0 nitrogen and oxygen atoms in total. The van der Waals surface area contributed by atoms with Gasteiger partial charge in [-0.15, -0.1) is 0 Å². The van der Waals surface area contributed by atoms with Crippen LogP contribution in [0.5, 0.6) is 0 Å². The minimum atomic E-state index is 0.889. The maximum atomic E-state index is 4.54. The van der Waals surface area contributed by atoms with Crippen molar-refractivity contribution in [3.8, 4) is 0 Å². The van der Waals surface area contributed by atoms with E-state index >= 15 is 0 Å². The Bertz CT molecular complexity index is 1140. The van der Waals surface area contributed by atoms with E-state index in [2.05, 4.69) is 67.8 Å². The van der Waals surface area contributed by atoms with Gasteiger partial charge in [0.25, 0.3) is 0 Å². The second kappa shape index (κ2) is 6.84. The van der Waals surface area contributed by atoms with Crippen LogP contribution >= 0.6 is 0 Å². The van der Waals surface area contributed by atoms with E-state index in [0.29, 0.717) is 0 Å². The Hall–Kier alpha value is -3.04. The molecule has 3 aromatic carbocycles. The van der Waals surface area contributed by atoms with Crippen molar-refractivity contribution in [3.05, 3.63) is 101 Å². The lowest BCUT2D eigenvalue weighted by atomic mass is 9.80. The van der Waals surface area contributed by atoms with Crippen LogP contribution in [0.1, 0.15) is 52.6 Å². The van der Waals surface area contributed by atoms with Crippen molar-refractivity contribution in [1.29, 1.82) is 0 Å². The average Bonchev–Trinajstić information content (AvgIpc) is 2.73. The molecule has 28 heavy (non-hydrogen) atoms. The minimum Gasteiger partial charge on any atom is -0.0952 e. The molecule has 0 heteroatoms. The molecule has 0 atom stereocenters. The van der Waals surface area contributed by atoms with Gasteiger partial charge in [0.05, 0.1) is 0 Å². The monoisotopic (exact) mass is 360 g/mol. The van der Waals surface area contributed by atoms with Crippen molar-refractivity contribution in [2.24, 2.45) is 0 Å². The summed E-state index contributed by atoms with van der Waals surface area (Å²) >= 11 is 0. The number of rotatable bonds is 0. The first-order chi connectivity index (χ1) is 13.7. The molecule has 0 amide bonds. The van der Waals surface area contributed by atoms with Gasteiger partial charge in [-0.3, -0.25) is 0 Å². The predicted molar refractivity (Wildman–Crippen MR) is 120 cm³/mol. The highest BCUT2D eigenvalue weighted by atomic mass is 14.2. The topological polar surface area (TPSA) is 0 Å². The van der Waals surface area contributed by atoms with Crippen molar-refractivity contribution in [2.75, 3.05) is 0 Å². The van der Waals surface area contributed by atoms with Gasteiger partial charge in [-0.2, -0.15) is 0 Å². The number of aryl methyl sites for hydroxylation is 1. The summed E-state index contributed by atoms with van der Waals surface area (Å²) in [5.41, 5.74) is 10.8. The fourth-order valence-corrected chi connectivity index (χ4v) is 4.84. The Morgan fingerprint density at radius 2 is 1.64 bits per heavy atom. The summed E-state index contributed by atoms with van der Waals surface area (Å²) in [5, 5.41) is 2.44. The predicted octanol–water partition coefficient (Wildman–Crippen LogP) is 7.00. The smallest absolute Gasteiger partial charge is 0.0359 e. The molecule has 0 bridgehead atoms. The second-order valence-electron chi connectivity index (χ2n) is 8.00. The van der Waals surface area contributed by atoms with Gasteiger partial charge < -0.3 is 0 Å². The fraction of sp³-hybridized carbons (Fsp3) is 0.214. The van der Waals surface area contributed by atoms with Crippen molar-refractivity contribution < 1.29 is 0 Å². The van der Waals surface area contributed by atoms with E-state index in [9.17, 15) is 0 Å². The molecule has 136 valence electrons. The van der Waals surface area contributed by atoms with Gasteiger partial charge >= 0.3 is 0 Å². The summed E-state index contributed by atoms with van der Waals surface area (Å²) in [6, 6.07) is 19.6. The van der Waals surface area contributed by atoms with Gasteiger partial charge in [0.1, 0.15) is 0 Å². The molecule has 0 unspecified atom stereocenters. The van der Waals surface area contributed by atoms with Crippen LogP contribution in [0.15, 0.2) is 55.6 Å². The Labute approximate surface area is 167 Å². The highest BCUT2D eigenvalue weighted by molar-refractivity contribution is 5.90. The highest BCUT2D eigenvalue weighted by Crippen LogP contribution is 2.37. The van der Waals surface area contributed by atoms with Crippen LogP contribution in [0.25, 0.3) is 28.0 Å². The average molecular weight is 361 g/mol. The molecule has 2 aliphatic rings. The zero-order valence-corrected chi connectivity index (χ0v) is 16.3. The third-order valence-electron chi connectivity index (χ3n) is 6.27. The van der Waals surface area contributed by atoms with Gasteiger partial charge in [0.2, 0.25) is 0 Å². The molecule has 0 fully saturated rings. The molecule has 0 heterocycles. The SMILES string of the molecule is C=C1CCCc2c(ccc3ccc#cc23)C(=C)Cc2c1ccc1c2CCC=C1. The lowest BCUT2D eigenvalue weighted by Crippen LogP contribution is -2.08. The van der Waals surface area contributed by atoms with Crippen LogP contribution in [0.2, 0.25) is 0 Å². The Morgan fingerprint density at radius 3 is 2.57 bits per heavy atom. The van der Waals surface area contributed by atoms with Crippen molar-refractivity contribution >= 4 is 28.0 Å². The number of hydrogen-bond donors (Lipinski definition) is 0. The number of hydrogen-bond acceptors (Lipinski definition) is 0. The Morgan fingerprint density at radius 1 is 0.786 bits per heavy atom. The maximum Gasteiger partial charge on any atom is 0.0359 e. The van der Waals surface area contributed by atoms with Gasteiger partial charge in [0.15, 0.2) is 0 Å². The van der Waals surface area contributed by atoms with E-state index in [1.807, 2.05) is 6.07 Å². The summed E-state index contributed by atoms with van der Waals surface area (Å²) in [5.74, 6) is 0. The lowest BCUT2D eigenvalue weighted by molar-refractivity contribution is 0.851. The van der Waals surface area contributed by atoms with E-state index in [4.69, 9.17) is 0 Å². The van der Waals surface area contributed by atoms with E-state index < -0.39 is 0 Å². The third kappa shape index (κ3) is 2.79. The van der Waals surface area contributed by atoms with E-state index in [1.54, 1.807) is 0 Å². The molecule has 0 aliphatic heterocycles. The summed E-state index contributed by atoms with van der Waals surface area (Å²) < 4.78 is 0. The van der Waals surface area contributed by atoms with Gasteiger partial charge in [-0.1, -0.05) is 61.7 Å². The lowest BCUT2D eigenvalue weighted by Gasteiger charge is -2.24. The summed E-state index contributed by atoms with van der Waals surface area (Å²) in [6.45, 7) is 9.00. The largest absolute Gasteiger partial charge is 0.0952 e. The molecule has 0 aromatic heterocycles. The fourth-order valence-electron chi connectivity index (χ4n) is 4.84. The Balaban J connectivity index is 1.69. The molecular formula is C28H24. The molecule has 0 N–H and O–H groups in total. The third-order valence-corrected chi connectivity index (χ3v) is 6.27. The highest BCUT2D eigenvalue weighted by Gasteiger charge is 2.20. The van der Waals surface area contributed by atoms with Gasteiger partial charge in [-0.05, 0) is 101 Å². The van der Waals surface area contributed by atoms with Crippen LogP contribution in [0.4, 0.5) is 0 Å². The van der Waals surface area contributed by atoms with E-state index in [0.717, 1.165) is 38.5 Å². The maximum absolute atomic E-state index is 4.54. The van der Waals surface area contributed by atoms with Crippen molar-refractivity contribution in [3.63, 3.8) is 0 Å². The first-order valence-electron chi connectivity index (χ1n) is 10.2. The molecule has 0 spiro atoms. The van der Waals surface area contributed by atoms with Crippen LogP contribution in [0.3, 0.4) is 0 Å². The first-order valence-corrected chi connectivity index (χ1v) is 10.2. The van der Waals surface area contributed by atoms with E-state index in [-0.39, 0.29) is 0 Å². The van der Waals surface area contributed by atoms with Gasteiger partial charge in [-0.25, -0.2) is 0 Å². The van der Waals surface area contributed by atoms with Crippen molar-refractivity contribution in [1.82, 2.24) is 0 Å². The van der Waals surface area contributed by atoms with Crippen LogP contribution < -0.4 is 0 Å². The molecule has 0 radical (unpaired) electrons. The molecule has 3 aromatic rings. The Kier molecular flexibility index (Phi) is 4.18. The van der Waals surface area contributed by atoms with Crippen molar-refractivity contribution in [2.45, 2.75) is 38.5 Å². The molecule has 0 saturated heterocycles. The molecule has 0 saturated carbocycles. The van der Waals surface area contributed by atoms with Crippen LogP contribution in [-0.4, -0.2) is 0 Å². The van der Waals surface area contributed by atoms with E-state index in [1.165, 1.54) is 55.3 Å². The zero-order chi connectivity index (χ0) is 19.1. The number of benzene rings is 2. The summed E-state index contributed by atoms with van der Waals surface area (Å²) in [4.78, 5) is 0. The zero-order valence-electron chi connectivity index (χ0n) is 16.3. The normalized spacial score (nSPS) is 16.1. The second-order valence-corrected chi connectivity index (χ2v) is 8.00. The van der Waals surface area contributed by atoms with Crippen LogP contribution in [-0.2, 0) is 19.3 Å². The summed E-state index contributed by atoms with van der Waals surface area (Å²) in [6.07, 6.45) is 10.8. The quantitative estimate of drug-likeness (QED) is 0.405. The van der Waals surface area contributed by atoms with Crippen LogP contribution in [0, 0.1) is 12.1 Å². The number of allylic oxidation sites excluding steroid dienone is 3. The first kappa shape index (κ1) is 17.1.